The minimum atomic E-state index is 0.321. The van der Waals surface area contributed by atoms with Crippen LogP contribution in [0.25, 0.3) is 22.7 Å². The maximum absolute atomic E-state index is 3.62. The third kappa shape index (κ3) is 2.38. The van der Waals surface area contributed by atoms with Crippen LogP contribution in [0.2, 0.25) is 6.82 Å². The van der Waals surface area contributed by atoms with Gasteiger partial charge in [-0.1, -0.05) is 49.3 Å². The van der Waals surface area contributed by atoms with Gasteiger partial charge in [-0.15, -0.1) is 0 Å². The average Bonchev–Trinajstić information content (AvgIpc) is 3.09. The highest BCUT2D eigenvalue weighted by Gasteiger charge is 2.21. The van der Waals surface area contributed by atoms with Crippen molar-refractivity contribution in [1.29, 1.82) is 0 Å². The molecule has 0 radical (unpaired) electrons. The van der Waals surface area contributed by atoms with Crippen LogP contribution in [0.5, 0.6) is 0 Å². The van der Waals surface area contributed by atoms with Crippen molar-refractivity contribution in [1.82, 2.24) is 0 Å². The Hall–Kier alpha value is -2.26. The van der Waals surface area contributed by atoms with E-state index in [1.54, 1.807) is 11.3 Å². The number of rotatable bonds is 2. The first kappa shape index (κ1) is 13.4. The van der Waals surface area contributed by atoms with Crippen molar-refractivity contribution in [3.8, 4) is 11.1 Å². The Morgan fingerprint density at radius 2 is 1.77 bits per heavy atom. The molecule has 4 rings (SSSR count). The Bertz CT molecular complexity index is 822. The Kier molecular flexibility index (Phi) is 3.36. The van der Waals surface area contributed by atoms with Crippen LogP contribution in [0.15, 0.2) is 65.4 Å². The van der Waals surface area contributed by atoms with E-state index in [0.29, 0.717) is 6.85 Å². The molecular weight excluding hydrogens is 285 g/mol. The molecule has 3 aromatic rings. The molecule has 0 saturated heterocycles. The zero-order valence-corrected chi connectivity index (χ0v) is 13.2. The molecule has 3 heteroatoms. The lowest BCUT2D eigenvalue weighted by Gasteiger charge is -2.24. The number of thiophene rings is 1. The molecule has 1 aromatic heterocycles. The molecule has 0 aliphatic carbocycles. The van der Waals surface area contributed by atoms with Gasteiger partial charge in [0.05, 0.1) is 0 Å². The van der Waals surface area contributed by atoms with Gasteiger partial charge in [0.25, 0.3) is 6.85 Å². The quantitative estimate of drug-likeness (QED) is 0.613. The second kappa shape index (κ2) is 5.50. The molecule has 0 spiro atoms. The Labute approximate surface area is 135 Å². The summed E-state index contributed by atoms with van der Waals surface area (Å²) in [5, 5.41) is 7.94. The normalized spacial score (nSPS) is 13.3. The van der Waals surface area contributed by atoms with Crippen LogP contribution >= 0.6 is 11.3 Å². The van der Waals surface area contributed by atoms with Crippen LogP contribution < -0.4 is 5.23 Å². The third-order valence-corrected chi connectivity index (χ3v) is 4.85. The van der Waals surface area contributed by atoms with E-state index in [1.807, 2.05) is 0 Å². The summed E-state index contributed by atoms with van der Waals surface area (Å²) in [6, 6.07) is 19.5. The summed E-state index contributed by atoms with van der Waals surface area (Å²) in [7, 11) is 0. The van der Waals surface area contributed by atoms with Gasteiger partial charge in [-0.3, -0.25) is 0 Å². The second-order valence-electron chi connectivity index (χ2n) is 5.65. The largest absolute Gasteiger partial charge is 0.424 e. The fourth-order valence-electron chi connectivity index (χ4n) is 2.99. The van der Waals surface area contributed by atoms with Gasteiger partial charge in [0.15, 0.2) is 0 Å². The molecule has 106 valence electrons. The molecule has 2 aromatic carbocycles. The van der Waals surface area contributed by atoms with Gasteiger partial charge >= 0.3 is 0 Å². The molecule has 0 unspecified atom stereocenters. The van der Waals surface area contributed by atoms with Crippen molar-refractivity contribution in [3.63, 3.8) is 0 Å². The monoisotopic (exact) mass is 301 g/mol. The minimum absolute atomic E-state index is 0.321. The molecular formula is C19H16BNS. The molecule has 0 fully saturated rings. The van der Waals surface area contributed by atoms with Gasteiger partial charge in [0.2, 0.25) is 0 Å². The highest BCUT2D eigenvalue weighted by molar-refractivity contribution is 7.08. The summed E-state index contributed by atoms with van der Waals surface area (Å²) < 4.78 is 0. The molecule has 1 N–H and O–H groups in total. The van der Waals surface area contributed by atoms with Crippen LogP contribution in [0.1, 0.15) is 11.1 Å². The number of nitrogens with one attached hydrogen (secondary N) is 1. The molecule has 1 aliphatic heterocycles. The van der Waals surface area contributed by atoms with E-state index >= 15 is 0 Å². The van der Waals surface area contributed by atoms with Gasteiger partial charge in [0, 0.05) is 5.69 Å². The van der Waals surface area contributed by atoms with Crippen molar-refractivity contribution in [2.45, 2.75) is 6.82 Å². The first-order valence-corrected chi connectivity index (χ1v) is 8.46. The summed E-state index contributed by atoms with van der Waals surface area (Å²) in [6.07, 6.45) is 2.32. The highest BCUT2D eigenvalue weighted by Crippen LogP contribution is 2.34. The van der Waals surface area contributed by atoms with Gasteiger partial charge in [-0.2, -0.15) is 11.3 Å². The summed E-state index contributed by atoms with van der Waals surface area (Å²) in [4.78, 5) is 0. The summed E-state index contributed by atoms with van der Waals surface area (Å²) in [5.41, 5.74) is 7.68. The SMILES string of the molecule is CB1Nc2ccc(-c3ccsc3)cc2C=C1c1ccccc1. The predicted molar refractivity (Wildman–Crippen MR) is 99.3 cm³/mol. The number of fused-ring (bicyclic) bond motifs is 1. The number of anilines is 1. The zero-order chi connectivity index (χ0) is 14.9. The number of benzene rings is 2. The lowest BCUT2D eigenvalue weighted by atomic mass is 9.53. The minimum Gasteiger partial charge on any atom is -0.424 e. The van der Waals surface area contributed by atoms with E-state index in [2.05, 4.69) is 83.5 Å². The topological polar surface area (TPSA) is 12.0 Å². The van der Waals surface area contributed by atoms with E-state index in [-0.39, 0.29) is 0 Å². The maximum atomic E-state index is 3.62. The lowest BCUT2D eigenvalue weighted by Crippen LogP contribution is -2.26. The van der Waals surface area contributed by atoms with Crippen molar-refractivity contribution >= 4 is 35.4 Å². The fraction of sp³-hybridized carbons (Fsp3) is 0.0526. The molecule has 1 nitrogen and oxygen atoms in total. The predicted octanol–water partition coefficient (Wildman–Crippen LogP) is 5.54. The van der Waals surface area contributed by atoms with Crippen LogP contribution in [0, 0.1) is 0 Å². The Morgan fingerprint density at radius 1 is 0.909 bits per heavy atom. The van der Waals surface area contributed by atoms with Gasteiger partial charge in [-0.25, -0.2) is 0 Å². The third-order valence-electron chi connectivity index (χ3n) is 4.16. The molecule has 2 heterocycles. The van der Waals surface area contributed by atoms with Crippen LogP contribution in [-0.2, 0) is 0 Å². The summed E-state index contributed by atoms with van der Waals surface area (Å²) >= 11 is 1.74. The summed E-state index contributed by atoms with van der Waals surface area (Å²) in [5.74, 6) is 0. The second-order valence-corrected chi connectivity index (χ2v) is 6.43. The first-order valence-electron chi connectivity index (χ1n) is 7.51. The van der Waals surface area contributed by atoms with E-state index in [0.717, 1.165) is 0 Å². The Balaban J connectivity index is 1.80. The number of hydrogen-bond acceptors (Lipinski definition) is 2. The van der Waals surface area contributed by atoms with Crippen LogP contribution in [0.3, 0.4) is 0 Å². The molecule has 0 bridgehead atoms. The maximum Gasteiger partial charge on any atom is 0.283 e. The van der Waals surface area contributed by atoms with Gasteiger partial charge in [-0.05, 0) is 56.7 Å². The Morgan fingerprint density at radius 3 is 2.55 bits per heavy atom. The standard InChI is InChI=1S/C19H16BNS/c1-20-18(14-5-3-2-4-6-14)12-17-11-15(7-8-19(17)21-20)16-9-10-22-13-16/h2-13,21H,1H3. The van der Waals surface area contributed by atoms with Crippen LogP contribution in [0.4, 0.5) is 5.69 Å². The van der Waals surface area contributed by atoms with Crippen molar-refractivity contribution < 1.29 is 0 Å². The molecule has 1 aliphatic rings. The van der Waals surface area contributed by atoms with E-state index in [9.17, 15) is 0 Å². The van der Waals surface area contributed by atoms with Gasteiger partial charge in [0.1, 0.15) is 0 Å². The van der Waals surface area contributed by atoms with E-state index in [1.165, 1.54) is 33.4 Å². The van der Waals surface area contributed by atoms with Crippen LogP contribution in [-0.4, -0.2) is 6.85 Å². The molecule has 22 heavy (non-hydrogen) atoms. The smallest absolute Gasteiger partial charge is 0.283 e. The van der Waals surface area contributed by atoms with Crippen molar-refractivity contribution in [3.05, 3.63) is 76.5 Å². The first-order chi connectivity index (χ1) is 10.8. The van der Waals surface area contributed by atoms with E-state index < -0.39 is 0 Å². The molecule has 0 amide bonds. The number of hydrogen-bond donors (Lipinski definition) is 1. The molecule has 0 atom stereocenters. The van der Waals surface area contributed by atoms with Crippen molar-refractivity contribution in [2.75, 3.05) is 5.23 Å². The summed E-state index contributed by atoms with van der Waals surface area (Å²) in [6.45, 7) is 2.54. The lowest BCUT2D eigenvalue weighted by molar-refractivity contribution is 1.56. The van der Waals surface area contributed by atoms with Crippen molar-refractivity contribution in [2.24, 2.45) is 0 Å². The fourth-order valence-corrected chi connectivity index (χ4v) is 3.65. The molecule has 0 saturated carbocycles. The van der Waals surface area contributed by atoms with Gasteiger partial charge < -0.3 is 5.23 Å². The highest BCUT2D eigenvalue weighted by atomic mass is 32.1. The average molecular weight is 301 g/mol. The van der Waals surface area contributed by atoms with E-state index in [4.69, 9.17) is 0 Å². The zero-order valence-electron chi connectivity index (χ0n) is 12.4.